The fourth-order valence-corrected chi connectivity index (χ4v) is 1.25. The molecule has 1 aromatic rings. The van der Waals surface area contributed by atoms with Gasteiger partial charge in [-0.1, -0.05) is 6.07 Å². The highest BCUT2D eigenvalue weighted by atomic mass is 79.9. The fourth-order valence-electron chi connectivity index (χ4n) is 0.904. The van der Waals surface area contributed by atoms with Crippen LogP contribution in [0.1, 0.15) is 12.8 Å². The third-order valence-corrected chi connectivity index (χ3v) is 1.99. The summed E-state index contributed by atoms with van der Waals surface area (Å²) in [5.41, 5.74) is 0. The summed E-state index contributed by atoms with van der Waals surface area (Å²) in [7, 11) is 0. The van der Waals surface area contributed by atoms with Crippen LogP contribution in [0.4, 0.5) is 5.82 Å². The third-order valence-electron chi connectivity index (χ3n) is 1.55. The van der Waals surface area contributed by atoms with Gasteiger partial charge in [0.1, 0.15) is 10.4 Å². The second-order valence-corrected chi connectivity index (χ2v) is 3.60. The molecule has 1 amide bonds. The summed E-state index contributed by atoms with van der Waals surface area (Å²) in [6.45, 7) is 0. The van der Waals surface area contributed by atoms with Crippen LogP contribution in [0.15, 0.2) is 22.8 Å². The number of nitrogens with zero attached hydrogens (tertiary/aromatic N) is 1. The lowest BCUT2D eigenvalue weighted by Gasteiger charge is -2.02. The van der Waals surface area contributed by atoms with Gasteiger partial charge in [-0.15, -0.1) is 0 Å². The van der Waals surface area contributed by atoms with Crippen molar-refractivity contribution in [3.8, 4) is 0 Å². The number of hydrogen-bond donors (Lipinski definition) is 2. The number of carboxylic acids is 1. The first-order chi connectivity index (χ1) is 7.08. The second-order valence-electron chi connectivity index (χ2n) is 2.79. The van der Waals surface area contributed by atoms with Crippen LogP contribution in [0.5, 0.6) is 0 Å². The van der Waals surface area contributed by atoms with Crippen LogP contribution in [0, 0.1) is 0 Å². The molecule has 80 valence electrons. The summed E-state index contributed by atoms with van der Waals surface area (Å²) in [6.07, 6.45) is -0.233. The molecule has 0 bridgehead atoms. The van der Waals surface area contributed by atoms with E-state index in [1.165, 1.54) is 0 Å². The van der Waals surface area contributed by atoms with Gasteiger partial charge in [0.25, 0.3) is 0 Å². The Morgan fingerprint density at radius 3 is 2.73 bits per heavy atom. The first-order valence-corrected chi connectivity index (χ1v) is 5.01. The van der Waals surface area contributed by atoms with Gasteiger partial charge >= 0.3 is 5.97 Å². The van der Waals surface area contributed by atoms with Crippen molar-refractivity contribution >= 4 is 33.6 Å². The minimum absolute atomic E-state index is 0.0521. The molecule has 0 radical (unpaired) electrons. The molecule has 0 aromatic carbocycles. The van der Waals surface area contributed by atoms with E-state index < -0.39 is 5.97 Å². The zero-order chi connectivity index (χ0) is 11.3. The molecule has 0 unspecified atom stereocenters. The molecule has 0 aliphatic heterocycles. The van der Waals surface area contributed by atoms with Crippen molar-refractivity contribution in [1.82, 2.24) is 4.98 Å². The summed E-state index contributed by atoms with van der Waals surface area (Å²) in [5, 5.41) is 10.9. The summed E-state index contributed by atoms with van der Waals surface area (Å²) in [6, 6.07) is 5.08. The van der Waals surface area contributed by atoms with Crippen molar-refractivity contribution in [1.29, 1.82) is 0 Å². The normalized spacial score (nSPS) is 9.67. The molecule has 0 atom stereocenters. The monoisotopic (exact) mass is 272 g/mol. The Morgan fingerprint density at radius 2 is 2.13 bits per heavy atom. The molecule has 0 saturated heterocycles. The van der Waals surface area contributed by atoms with Crippen LogP contribution in [-0.2, 0) is 9.59 Å². The van der Waals surface area contributed by atoms with Crippen LogP contribution in [0.2, 0.25) is 0 Å². The summed E-state index contributed by atoms with van der Waals surface area (Å²) in [4.78, 5) is 25.4. The zero-order valence-corrected chi connectivity index (χ0v) is 9.32. The van der Waals surface area contributed by atoms with Crippen LogP contribution in [-0.4, -0.2) is 22.0 Å². The van der Waals surface area contributed by atoms with Crippen LogP contribution < -0.4 is 5.32 Å². The lowest BCUT2D eigenvalue weighted by molar-refractivity contribution is -0.138. The maximum absolute atomic E-state index is 11.2. The Bertz CT molecular complexity index is 381. The molecule has 15 heavy (non-hydrogen) atoms. The predicted molar refractivity (Wildman–Crippen MR) is 57.4 cm³/mol. The molecule has 1 heterocycles. The topological polar surface area (TPSA) is 79.3 Å². The average Bonchev–Trinajstić information content (AvgIpc) is 2.15. The quantitative estimate of drug-likeness (QED) is 0.817. The Balaban J connectivity index is 2.48. The number of carbonyl (C=O) groups is 2. The highest BCUT2D eigenvalue weighted by Gasteiger charge is 2.06. The first kappa shape index (κ1) is 11.6. The Labute approximate surface area is 94.6 Å². The molecular weight excluding hydrogens is 264 g/mol. The van der Waals surface area contributed by atoms with Crippen LogP contribution in [0.3, 0.4) is 0 Å². The number of nitrogens with one attached hydrogen (secondary N) is 1. The van der Waals surface area contributed by atoms with Gasteiger partial charge in [-0.2, -0.15) is 0 Å². The number of anilines is 1. The Kier molecular flexibility index (Phi) is 4.23. The van der Waals surface area contributed by atoms with E-state index in [0.29, 0.717) is 10.4 Å². The van der Waals surface area contributed by atoms with Gasteiger partial charge in [0.2, 0.25) is 5.91 Å². The number of pyridine rings is 1. The third kappa shape index (κ3) is 4.55. The fraction of sp³-hybridized carbons (Fsp3) is 0.222. The lowest BCUT2D eigenvalue weighted by Crippen LogP contribution is -2.14. The highest BCUT2D eigenvalue weighted by Crippen LogP contribution is 2.10. The van der Waals surface area contributed by atoms with Crippen molar-refractivity contribution in [3.63, 3.8) is 0 Å². The number of halogens is 1. The summed E-state index contributed by atoms with van der Waals surface area (Å²) < 4.78 is 0.610. The molecular formula is C9H9BrN2O3. The predicted octanol–water partition coefficient (Wildman–Crippen LogP) is 1.65. The number of hydrogen-bond acceptors (Lipinski definition) is 3. The molecule has 5 nitrogen and oxygen atoms in total. The van der Waals surface area contributed by atoms with E-state index in [0.717, 1.165) is 0 Å². The Morgan fingerprint density at radius 1 is 1.40 bits per heavy atom. The van der Waals surface area contributed by atoms with Crippen LogP contribution in [0.25, 0.3) is 0 Å². The van der Waals surface area contributed by atoms with E-state index in [2.05, 4.69) is 26.2 Å². The number of carbonyl (C=O) groups excluding carboxylic acids is 1. The van der Waals surface area contributed by atoms with Gasteiger partial charge in [-0.05, 0) is 28.1 Å². The van der Waals surface area contributed by atoms with Gasteiger partial charge in [-0.3, -0.25) is 9.59 Å². The van der Waals surface area contributed by atoms with Crippen molar-refractivity contribution in [2.75, 3.05) is 5.32 Å². The minimum atomic E-state index is -0.993. The van der Waals surface area contributed by atoms with E-state index in [1.807, 2.05) is 0 Å². The van der Waals surface area contributed by atoms with Gasteiger partial charge in [0.05, 0.1) is 6.42 Å². The number of amides is 1. The molecule has 0 fully saturated rings. The number of carboxylic acid groups (broad SMARTS) is 1. The van der Waals surface area contributed by atoms with E-state index >= 15 is 0 Å². The van der Waals surface area contributed by atoms with Crippen molar-refractivity contribution in [2.24, 2.45) is 0 Å². The van der Waals surface area contributed by atoms with E-state index in [4.69, 9.17) is 5.11 Å². The van der Waals surface area contributed by atoms with E-state index in [9.17, 15) is 9.59 Å². The van der Waals surface area contributed by atoms with Gasteiger partial charge in [0.15, 0.2) is 0 Å². The van der Waals surface area contributed by atoms with Crippen LogP contribution >= 0.6 is 15.9 Å². The largest absolute Gasteiger partial charge is 0.481 e. The molecule has 2 N–H and O–H groups in total. The molecule has 1 rings (SSSR count). The maximum Gasteiger partial charge on any atom is 0.303 e. The van der Waals surface area contributed by atoms with Crippen molar-refractivity contribution < 1.29 is 14.7 Å². The number of aromatic nitrogens is 1. The molecule has 1 aromatic heterocycles. The second kappa shape index (κ2) is 5.45. The summed E-state index contributed by atoms with van der Waals surface area (Å²) in [5.74, 6) is -0.949. The Hall–Kier alpha value is -1.43. The van der Waals surface area contributed by atoms with Crippen molar-refractivity contribution in [3.05, 3.63) is 22.8 Å². The number of rotatable bonds is 4. The summed E-state index contributed by atoms with van der Waals surface area (Å²) >= 11 is 3.16. The molecule has 0 saturated carbocycles. The zero-order valence-electron chi connectivity index (χ0n) is 7.74. The maximum atomic E-state index is 11.2. The highest BCUT2D eigenvalue weighted by molar-refractivity contribution is 9.10. The van der Waals surface area contributed by atoms with E-state index in [-0.39, 0.29) is 18.7 Å². The molecule has 0 aliphatic rings. The van der Waals surface area contributed by atoms with E-state index in [1.54, 1.807) is 18.2 Å². The molecule has 0 spiro atoms. The van der Waals surface area contributed by atoms with Crippen molar-refractivity contribution in [2.45, 2.75) is 12.8 Å². The molecule has 0 aliphatic carbocycles. The van der Waals surface area contributed by atoms with Gasteiger partial charge in [-0.25, -0.2) is 4.98 Å². The first-order valence-electron chi connectivity index (χ1n) is 4.22. The standard InChI is InChI=1S/C9H9BrN2O3/c10-6-2-1-3-7(11-6)12-8(13)4-5-9(14)15/h1-3H,4-5H2,(H,14,15)(H,11,12,13). The minimum Gasteiger partial charge on any atom is -0.481 e. The average molecular weight is 273 g/mol. The SMILES string of the molecule is O=C(O)CCC(=O)Nc1cccc(Br)n1. The number of aliphatic carboxylic acids is 1. The smallest absolute Gasteiger partial charge is 0.303 e. The van der Waals surface area contributed by atoms with Gasteiger partial charge in [0, 0.05) is 6.42 Å². The lowest BCUT2D eigenvalue weighted by atomic mass is 10.3. The molecule has 6 heteroatoms. The van der Waals surface area contributed by atoms with Gasteiger partial charge < -0.3 is 10.4 Å².